The predicted molar refractivity (Wildman–Crippen MR) is 125 cm³/mol. The zero-order valence-corrected chi connectivity index (χ0v) is 20.7. The fraction of sp³-hybridized carbons (Fsp3) is 0.680. The van der Waals surface area contributed by atoms with Gasteiger partial charge in [-0.3, -0.25) is 9.48 Å². The Labute approximate surface area is 201 Å². The van der Waals surface area contributed by atoms with Gasteiger partial charge in [0.1, 0.15) is 0 Å². The molecule has 0 aromatic carbocycles. The molecule has 1 saturated heterocycles. The zero-order chi connectivity index (χ0) is 24.1. The molecule has 3 unspecified atom stereocenters. The van der Waals surface area contributed by atoms with Crippen LogP contribution in [0.25, 0.3) is 11.4 Å². The average molecular weight is 473 g/mol. The number of hydrogen-bond acceptors (Lipinski definition) is 8. The lowest BCUT2D eigenvalue weighted by atomic mass is 9.87. The molecule has 0 radical (unpaired) electrons. The summed E-state index contributed by atoms with van der Waals surface area (Å²) < 4.78 is 25.1. The fourth-order valence-electron chi connectivity index (χ4n) is 4.51. The van der Waals surface area contributed by atoms with E-state index in [0.717, 1.165) is 62.1 Å². The molecule has 0 amide bonds. The molecule has 1 aliphatic carbocycles. The van der Waals surface area contributed by atoms with E-state index in [9.17, 15) is 4.79 Å². The number of carbonyl (C=O) groups is 1. The van der Waals surface area contributed by atoms with Crippen molar-refractivity contribution in [1.29, 1.82) is 0 Å². The second-order valence-electron chi connectivity index (χ2n) is 9.47. The van der Waals surface area contributed by atoms with Crippen LogP contribution in [0.1, 0.15) is 70.2 Å². The number of nitrogens with zero attached hydrogens (tertiary/aromatic N) is 4. The minimum absolute atomic E-state index is 0.0514. The van der Waals surface area contributed by atoms with Crippen LogP contribution in [0, 0.1) is 12.8 Å². The van der Waals surface area contributed by atoms with Crippen LogP contribution in [-0.2, 0) is 32.7 Å². The number of aryl methyl sites for hydroxylation is 2. The van der Waals surface area contributed by atoms with Crippen LogP contribution >= 0.6 is 0 Å². The van der Waals surface area contributed by atoms with Crippen LogP contribution in [0.15, 0.2) is 12.4 Å². The lowest BCUT2D eigenvalue weighted by Gasteiger charge is -2.29. The van der Waals surface area contributed by atoms with Gasteiger partial charge in [0.05, 0.1) is 54.1 Å². The Hall–Kier alpha value is -2.52. The first-order chi connectivity index (χ1) is 16.4. The van der Waals surface area contributed by atoms with E-state index < -0.39 is 0 Å². The van der Waals surface area contributed by atoms with Crippen LogP contribution in [-0.4, -0.2) is 50.8 Å². The number of hydrogen-bond donors (Lipinski definition) is 0. The van der Waals surface area contributed by atoms with Crippen LogP contribution in [0.5, 0.6) is 5.75 Å². The van der Waals surface area contributed by atoms with Gasteiger partial charge >= 0.3 is 5.97 Å². The van der Waals surface area contributed by atoms with Crippen LogP contribution < -0.4 is 4.74 Å². The third kappa shape index (κ3) is 6.13. The number of aromatic nitrogens is 4. The van der Waals surface area contributed by atoms with Crippen molar-refractivity contribution in [3.63, 3.8) is 0 Å². The third-order valence-corrected chi connectivity index (χ3v) is 6.39. The lowest BCUT2D eigenvalue weighted by molar-refractivity contribution is -0.169. The van der Waals surface area contributed by atoms with E-state index in [2.05, 4.69) is 10.1 Å². The molecule has 0 spiro atoms. The molecule has 0 bridgehead atoms. The predicted octanol–water partition coefficient (Wildman–Crippen LogP) is 4.12. The maximum absolute atomic E-state index is 12.3. The Morgan fingerprint density at radius 3 is 2.79 bits per heavy atom. The molecule has 3 heterocycles. The summed E-state index contributed by atoms with van der Waals surface area (Å²) in [7, 11) is 1.89. The second kappa shape index (κ2) is 11.3. The Kier molecular flexibility index (Phi) is 8.15. The summed E-state index contributed by atoms with van der Waals surface area (Å²) in [5.74, 6) is 0.983. The Morgan fingerprint density at radius 2 is 2.06 bits per heavy atom. The van der Waals surface area contributed by atoms with Crippen molar-refractivity contribution < 1.29 is 23.7 Å². The number of esters is 1. The van der Waals surface area contributed by atoms with Crippen molar-refractivity contribution in [2.24, 2.45) is 13.0 Å². The average Bonchev–Trinajstić information content (AvgIpc) is 3.19. The summed E-state index contributed by atoms with van der Waals surface area (Å²) in [6, 6.07) is 0. The molecule has 2 fully saturated rings. The van der Waals surface area contributed by atoms with E-state index in [1.54, 1.807) is 17.1 Å². The summed E-state index contributed by atoms with van der Waals surface area (Å²) in [5, 5.41) is 4.39. The molecule has 0 N–H and O–H groups in total. The molecule has 34 heavy (non-hydrogen) atoms. The molecule has 2 aromatic heterocycles. The minimum atomic E-state index is -0.174. The first-order valence-electron chi connectivity index (χ1n) is 12.4. The van der Waals surface area contributed by atoms with Gasteiger partial charge in [0.2, 0.25) is 0 Å². The third-order valence-electron chi connectivity index (χ3n) is 6.39. The highest BCUT2D eigenvalue weighted by Crippen LogP contribution is 2.31. The lowest BCUT2D eigenvalue weighted by Crippen LogP contribution is -2.32. The molecule has 9 nitrogen and oxygen atoms in total. The highest BCUT2D eigenvalue weighted by molar-refractivity contribution is 5.72. The summed E-state index contributed by atoms with van der Waals surface area (Å²) in [6.45, 7) is 6.79. The fourth-order valence-corrected chi connectivity index (χ4v) is 4.51. The summed E-state index contributed by atoms with van der Waals surface area (Å²) in [5.41, 5.74) is 2.49. The normalized spacial score (nSPS) is 23.1. The minimum Gasteiger partial charge on any atom is -0.487 e. The Morgan fingerprint density at radius 1 is 1.21 bits per heavy atom. The van der Waals surface area contributed by atoms with Crippen molar-refractivity contribution in [3.8, 4) is 17.1 Å². The highest BCUT2D eigenvalue weighted by atomic mass is 16.7. The van der Waals surface area contributed by atoms with Gasteiger partial charge in [0.25, 0.3) is 0 Å². The second-order valence-corrected chi connectivity index (χ2v) is 9.47. The van der Waals surface area contributed by atoms with Crippen LogP contribution in [0.4, 0.5) is 0 Å². The molecule has 2 aliphatic rings. The summed E-state index contributed by atoms with van der Waals surface area (Å²) in [6.07, 6.45) is 9.60. The van der Waals surface area contributed by atoms with E-state index >= 15 is 0 Å². The maximum atomic E-state index is 12.3. The molecule has 3 atom stereocenters. The van der Waals surface area contributed by atoms with E-state index in [1.165, 1.54) is 0 Å². The van der Waals surface area contributed by atoms with Crippen LogP contribution in [0.3, 0.4) is 0 Å². The molecule has 1 aliphatic heterocycles. The van der Waals surface area contributed by atoms with E-state index in [4.69, 9.17) is 23.9 Å². The summed E-state index contributed by atoms with van der Waals surface area (Å²) >= 11 is 0. The van der Waals surface area contributed by atoms with Gasteiger partial charge < -0.3 is 18.9 Å². The number of ether oxygens (including phenoxy) is 4. The largest absolute Gasteiger partial charge is 0.487 e. The first-order valence-corrected chi connectivity index (χ1v) is 12.4. The quantitative estimate of drug-likeness (QED) is 0.529. The van der Waals surface area contributed by atoms with Crippen molar-refractivity contribution in [2.45, 2.75) is 90.8 Å². The van der Waals surface area contributed by atoms with Crippen molar-refractivity contribution in [1.82, 2.24) is 19.7 Å². The molecule has 1 saturated carbocycles. The van der Waals surface area contributed by atoms with Gasteiger partial charge in [-0.1, -0.05) is 0 Å². The van der Waals surface area contributed by atoms with Gasteiger partial charge in [-0.2, -0.15) is 5.10 Å². The van der Waals surface area contributed by atoms with Gasteiger partial charge in [-0.15, -0.1) is 0 Å². The zero-order valence-electron chi connectivity index (χ0n) is 20.7. The maximum Gasteiger partial charge on any atom is 0.309 e. The number of rotatable bonds is 8. The molecule has 9 heteroatoms. The summed E-state index contributed by atoms with van der Waals surface area (Å²) in [4.78, 5) is 21.6. The van der Waals surface area contributed by atoms with Gasteiger partial charge in [-0.25, -0.2) is 9.97 Å². The molecule has 2 aromatic rings. The van der Waals surface area contributed by atoms with Crippen molar-refractivity contribution >= 4 is 5.97 Å². The smallest absolute Gasteiger partial charge is 0.309 e. The van der Waals surface area contributed by atoms with E-state index in [-0.39, 0.29) is 30.4 Å². The van der Waals surface area contributed by atoms with E-state index in [0.29, 0.717) is 24.6 Å². The molecule has 186 valence electrons. The van der Waals surface area contributed by atoms with Gasteiger partial charge in [0.15, 0.2) is 17.9 Å². The van der Waals surface area contributed by atoms with Crippen molar-refractivity contribution in [3.05, 3.63) is 23.8 Å². The molecular weight excluding hydrogens is 436 g/mol. The van der Waals surface area contributed by atoms with Crippen LogP contribution in [0.2, 0.25) is 0 Å². The standard InChI is InChI=1S/C25H36N4O5/c1-16(2)33-25(30)18-8-7-9-19(12-18)34-22-14-26-24(28-17(22)3)20-13-27-29(4)21(20)15-32-23-10-5-6-11-31-23/h13-14,16,18-19,23H,5-12,15H2,1-4H3. The molecule has 4 rings (SSSR count). The Balaban J connectivity index is 1.41. The SMILES string of the molecule is Cc1nc(-c2cnn(C)c2COC2CCCCO2)ncc1OC1CCCC(C(=O)OC(C)C)C1. The van der Waals surface area contributed by atoms with E-state index in [1.807, 2.05) is 27.8 Å². The monoisotopic (exact) mass is 472 g/mol. The molecular formula is C25H36N4O5. The topological polar surface area (TPSA) is 97.6 Å². The first kappa shape index (κ1) is 24.6. The Bertz CT molecular complexity index is 970. The van der Waals surface area contributed by atoms with Gasteiger partial charge in [-0.05, 0) is 65.7 Å². The van der Waals surface area contributed by atoms with Crippen molar-refractivity contribution in [2.75, 3.05) is 6.61 Å². The van der Waals surface area contributed by atoms with Gasteiger partial charge in [0, 0.05) is 13.7 Å². The number of carbonyl (C=O) groups excluding carboxylic acids is 1. The highest BCUT2D eigenvalue weighted by Gasteiger charge is 2.30.